The molecule has 0 saturated heterocycles. The number of alkyl halides is 1. The number of carbonyl (C=O) groups is 1. The zero-order chi connectivity index (χ0) is 22.4. The number of aromatic carboxylic acids is 1. The molecule has 0 radical (unpaired) electrons. The Morgan fingerprint density at radius 1 is 0.935 bits per heavy atom. The SMILES string of the molecule is O=C(O)c1ccc(CN(C(CCCl)c2ccc(Cl)cc2)S(=O)(=O)c2ccccc2)cc1. The third kappa shape index (κ3) is 5.66. The van der Waals surface area contributed by atoms with Crippen LogP contribution in [0.5, 0.6) is 0 Å². The van der Waals surface area contributed by atoms with Crippen LogP contribution in [0.4, 0.5) is 0 Å². The monoisotopic (exact) mass is 477 g/mol. The fourth-order valence-electron chi connectivity index (χ4n) is 3.29. The predicted octanol–water partition coefficient (Wildman–Crippen LogP) is 5.60. The number of halogens is 2. The topological polar surface area (TPSA) is 74.7 Å². The number of rotatable bonds is 9. The van der Waals surface area contributed by atoms with Gasteiger partial charge < -0.3 is 5.11 Å². The van der Waals surface area contributed by atoms with Gasteiger partial charge in [0.25, 0.3) is 0 Å². The summed E-state index contributed by atoms with van der Waals surface area (Å²) in [6, 6.07) is 20.9. The maximum atomic E-state index is 13.6. The number of sulfonamides is 1. The van der Waals surface area contributed by atoms with Crippen LogP contribution in [-0.4, -0.2) is 29.7 Å². The first-order chi connectivity index (χ1) is 14.8. The largest absolute Gasteiger partial charge is 0.478 e. The van der Waals surface area contributed by atoms with Crippen molar-refractivity contribution in [3.05, 3.63) is 101 Å². The normalized spacial score (nSPS) is 12.6. The summed E-state index contributed by atoms with van der Waals surface area (Å²) < 4.78 is 28.7. The lowest BCUT2D eigenvalue weighted by atomic mass is 10.0. The lowest BCUT2D eigenvalue weighted by Gasteiger charge is -2.31. The summed E-state index contributed by atoms with van der Waals surface area (Å²) >= 11 is 12.1. The Bertz CT molecular complexity index is 1120. The number of carboxylic acid groups (broad SMARTS) is 1. The molecule has 8 heteroatoms. The van der Waals surface area contributed by atoms with Gasteiger partial charge in [0, 0.05) is 17.4 Å². The zero-order valence-electron chi connectivity index (χ0n) is 16.5. The summed E-state index contributed by atoms with van der Waals surface area (Å²) in [6.07, 6.45) is 0.391. The van der Waals surface area contributed by atoms with Crippen molar-refractivity contribution in [2.45, 2.75) is 23.9 Å². The molecule has 3 aromatic carbocycles. The van der Waals surface area contributed by atoms with Gasteiger partial charge in [0.05, 0.1) is 16.5 Å². The van der Waals surface area contributed by atoms with Crippen LogP contribution in [0.3, 0.4) is 0 Å². The van der Waals surface area contributed by atoms with Crippen LogP contribution >= 0.6 is 23.2 Å². The Morgan fingerprint density at radius 3 is 2.10 bits per heavy atom. The summed E-state index contributed by atoms with van der Waals surface area (Å²) in [6.45, 7) is 0.0569. The van der Waals surface area contributed by atoms with E-state index in [0.29, 0.717) is 17.0 Å². The lowest BCUT2D eigenvalue weighted by molar-refractivity contribution is 0.0697. The third-order valence-corrected chi connectivity index (χ3v) is 7.21. The second-order valence-electron chi connectivity index (χ2n) is 6.91. The van der Waals surface area contributed by atoms with Gasteiger partial charge in [-0.3, -0.25) is 0 Å². The molecule has 0 aliphatic rings. The average molecular weight is 478 g/mol. The van der Waals surface area contributed by atoms with E-state index in [1.54, 1.807) is 66.7 Å². The molecule has 162 valence electrons. The van der Waals surface area contributed by atoms with Crippen molar-refractivity contribution >= 4 is 39.2 Å². The Morgan fingerprint density at radius 2 is 1.55 bits per heavy atom. The van der Waals surface area contributed by atoms with Crippen LogP contribution in [-0.2, 0) is 16.6 Å². The van der Waals surface area contributed by atoms with Crippen molar-refractivity contribution in [2.75, 3.05) is 5.88 Å². The number of hydrogen-bond donors (Lipinski definition) is 1. The molecule has 0 aromatic heterocycles. The van der Waals surface area contributed by atoms with Gasteiger partial charge in [-0.2, -0.15) is 4.31 Å². The van der Waals surface area contributed by atoms with Crippen LogP contribution in [0.2, 0.25) is 5.02 Å². The summed E-state index contributed by atoms with van der Waals surface area (Å²) in [5, 5.41) is 9.68. The van der Waals surface area contributed by atoms with E-state index in [9.17, 15) is 13.2 Å². The highest BCUT2D eigenvalue weighted by Gasteiger charge is 2.32. The van der Waals surface area contributed by atoms with Crippen molar-refractivity contribution in [3.63, 3.8) is 0 Å². The third-order valence-electron chi connectivity index (χ3n) is 4.87. The van der Waals surface area contributed by atoms with E-state index in [4.69, 9.17) is 28.3 Å². The smallest absolute Gasteiger partial charge is 0.335 e. The van der Waals surface area contributed by atoms with Gasteiger partial charge in [0.2, 0.25) is 10.0 Å². The van der Waals surface area contributed by atoms with Gasteiger partial charge in [0.1, 0.15) is 0 Å². The van der Waals surface area contributed by atoms with E-state index in [-0.39, 0.29) is 22.9 Å². The van der Waals surface area contributed by atoms with E-state index in [1.807, 2.05) is 0 Å². The molecule has 0 amide bonds. The second kappa shape index (κ2) is 10.3. The van der Waals surface area contributed by atoms with E-state index < -0.39 is 22.0 Å². The molecule has 0 fully saturated rings. The summed E-state index contributed by atoms with van der Waals surface area (Å²) in [7, 11) is -3.88. The van der Waals surface area contributed by atoms with E-state index >= 15 is 0 Å². The van der Waals surface area contributed by atoms with Gasteiger partial charge in [-0.15, -0.1) is 11.6 Å². The summed E-state index contributed by atoms with van der Waals surface area (Å²) in [5.41, 5.74) is 1.57. The number of nitrogens with zero attached hydrogens (tertiary/aromatic N) is 1. The summed E-state index contributed by atoms with van der Waals surface area (Å²) in [4.78, 5) is 11.3. The first-order valence-corrected chi connectivity index (χ1v) is 11.9. The molecule has 1 atom stereocenters. The molecule has 0 heterocycles. The van der Waals surface area contributed by atoms with E-state index in [1.165, 1.54) is 16.4 Å². The number of carboxylic acids is 1. The highest BCUT2D eigenvalue weighted by Crippen LogP contribution is 2.33. The molecular weight excluding hydrogens is 457 g/mol. The highest BCUT2D eigenvalue weighted by atomic mass is 35.5. The van der Waals surface area contributed by atoms with E-state index in [2.05, 4.69) is 0 Å². The first-order valence-electron chi connectivity index (χ1n) is 9.53. The van der Waals surface area contributed by atoms with Crippen LogP contribution < -0.4 is 0 Å². The van der Waals surface area contributed by atoms with E-state index in [0.717, 1.165) is 5.56 Å². The number of benzene rings is 3. The van der Waals surface area contributed by atoms with Crippen molar-refractivity contribution in [1.29, 1.82) is 0 Å². The van der Waals surface area contributed by atoms with Gasteiger partial charge >= 0.3 is 5.97 Å². The maximum absolute atomic E-state index is 13.6. The average Bonchev–Trinajstić information content (AvgIpc) is 2.77. The van der Waals surface area contributed by atoms with Crippen molar-refractivity contribution < 1.29 is 18.3 Å². The second-order valence-corrected chi connectivity index (χ2v) is 9.62. The molecule has 0 aliphatic heterocycles. The van der Waals surface area contributed by atoms with Crippen molar-refractivity contribution in [3.8, 4) is 0 Å². The van der Waals surface area contributed by atoms with Gasteiger partial charge in [-0.05, 0) is 53.9 Å². The Kier molecular flexibility index (Phi) is 7.73. The Labute approximate surface area is 191 Å². The van der Waals surface area contributed by atoms with Crippen LogP contribution in [0.25, 0.3) is 0 Å². The number of hydrogen-bond acceptors (Lipinski definition) is 3. The van der Waals surface area contributed by atoms with Gasteiger partial charge in [-0.1, -0.05) is 54.1 Å². The molecule has 5 nitrogen and oxygen atoms in total. The lowest BCUT2D eigenvalue weighted by Crippen LogP contribution is -2.35. The van der Waals surface area contributed by atoms with Crippen LogP contribution in [0.1, 0.15) is 33.9 Å². The maximum Gasteiger partial charge on any atom is 0.335 e. The predicted molar refractivity (Wildman–Crippen MR) is 122 cm³/mol. The molecule has 0 spiro atoms. The fraction of sp³-hybridized carbons (Fsp3) is 0.174. The molecule has 31 heavy (non-hydrogen) atoms. The Hall–Kier alpha value is -2.38. The van der Waals surface area contributed by atoms with Crippen molar-refractivity contribution in [2.24, 2.45) is 0 Å². The minimum atomic E-state index is -3.88. The molecule has 0 bridgehead atoms. The first kappa shape index (κ1) is 23.3. The minimum absolute atomic E-state index is 0.0569. The minimum Gasteiger partial charge on any atom is -0.478 e. The summed E-state index contributed by atoms with van der Waals surface area (Å²) in [5.74, 6) is -0.784. The quantitative estimate of drug-likeness (QED) is 0.407. The molecule has 3 aromatic rings. The fourth-order valence-corrected chi connectivity index (χ4v) is 5.27. The Balaban J connectivity index is 2.07. The highest BCUT2D eigenvalue weighted by molar-refractivity contribution is 7.89. The molecule has 0 aliphatic carbocycles. The van der Waals surface area contributed by atoms with Crippen LogP contribution in [0.15, 0.2) is 83.8 Å². The van der Waals surface area contributed by atoms with Crippen LogP contribution in [0, 0.1) is 0 Å². The molecule has 3 rings (SSSR count). The molecule has 0 saturated carbocycles. The standard InChI is InChI=1S/C23H21Cl2NO4S/c24-15-14-22(18-10-12-20(25)13-11-18)26(31(29,30)21-4-2-1-3-5-21)16-17-6-8-19(9-7-17)23(27)28/h1-13,22H,14-16H2,(H,27,28). The molecule has 1 unspecified atom stereocenters. The van der Waals surface area contributed by atoms with Gasteiger partial charge in [-0.25, -0.2) is 13.2 Å². The van der Waals surface area contributed by atoms with Gasteiger partial charge in [0.15, 0.2) is 0 Å². The molecular formula is C23H21Cl2NO4S. The van der Waals surface area contributed by atoms with Crippen molar-refractivity contribution in [1.82, 2.24) is 4.31 Å². The molecule has 1 N–H and O–H groups in total. The zero-order valence-corrected chi connectivity index (χ0v) is 18.8.